The highest BCUT2D eigenvalue weighted by atomic mass is 16.6. The smallest absolute Gasteiger partial charge is 0.410 e. The molecule has 1 aromatic carbocycles. The number of hydrogen-bond donors (Lipinski definition) is 0. The molecule has 0 saturated carbocycles. The summed E-state index contributed by atoms with van der Waals surface area (Å²) in [7, 11) is 0. The maximum atomic E-state index is 11.9. The number of rotatable bonds is 9. The minimum absolute atomic E-state index is 0.0153. The van der Waals surface area contributed by atoms with Crippen LogP contribution in [0.1, 0.15) is 25.8 Å². The predicted octanol–water partition coefficient (Wildman–Crippen LogP) is 2.14. The Kier molecular flexibility index (Phi) is 8.96. The van der Waals surface area contributed by atoms with E-state index in [1.807, 2.05) is 30.3 Å². The zero-order valence-corrected chi connectivity index (χ0v) is 14.0. The Bertz CT molecular complexity index is 531. The third kappa shape index (κ3) is 7.62. The molecule has 0 fully saturated rings. The topological polar surface area (TPSA) is 82.1 Å². The molecular weight excluding hydrogens is 314 g/mol. The second kappa shape index (κ2) is 11.0. The number of ether oxygens (including phenoxy) is 3. The van der Waals surface area contributed by atoms with Gasteiger partial charge in [-0.25, -0.2) is 4.79 Å². The van der Waals surface area contributed by atoms with E-state index in [4.69, 9.17) is 14.2 Å². The van der Waals surface area contributed by atoms with Crippen molar-refractivity contribution in [3.05, 3.63) is 35.9 Å². The number of nitrogens with zero attached hydrogens (tertiary/aromatic N) is 1. The van der Waals surface area contributed by atoms with E-state index in [0.717, 1.165) is 10.5 Å². The fraction of sp³-hybridized carbons (Fsp3) is 0.471. The fourth-order valence-electron chi connectivity index (χ4n) is 1.85. The number of benzene rings is 1. The first kappa shape index (κ1) is 19.5. The lowest BCUT2D eigenvalue weighted by Gasteiger charge is -2.20. The highest BCUT2D eigenvalue weighted by Crippen LogP contribution is 2.03. The van der Waals surface area contributed by atoms with E-state index in [2.05, 4.69) is 0 Å². The quantitative estimate of drug-likeness (QED) is 0.507. The van der Waals surface area contributed by atoms with Crippen LogP contribution in [-0.4, -0.2) is 49.2 Å². The van der Waals surface area contributed by atoms with Gasteiger partial charge in [0.05, 0.1) is 19.6 Å². The molecule has 0 N–H and O–H groups in total. The molecule has 132 valence electrons. The molecule has 0 atom stereocenters. The van der Waals surface area contributed by atoms with Crippen molar-refractivity contribution in [3.8, 4) is 0 Å². The first-order valence-corrected chi connectivity index (χ1v) is 7.83. The van der Waals surface area contributed by atoms with Crippen LogP contribution in [0.25, 0.3) is 0 Å². The van der Waals surface area contributed by atoms with E-state index in [1.54, 1.807) is 13.8 Å². The molecule has 0 aliphatic rings. The summed E-state index contributed by atoms with van der Waals surface area (Å²) in [6.07, 6.45) is -0.683. The summed E-state index contributed by atoms with van der Waals surface area (Å²) in [5, 5.41) is 0. The molecule has 0 aliphatic carbocycles. The summed E-state index contributed by atoms with van der Waals surface area (Å²) in [5.74, 6) is -1.01. The van der Waals surface area contributed by atoms with Gasteiger partial charge in [-0.2, -0.15) is 0 Å². The highest BCUT2D eigenvalue weighted by Gasteiger charge is 2.20. The maximum Gasteiger partial charge on any atom is 0.410 e. The molecule has 0 aromatic heterocycles. The Morgan fingerprint density at radius 3 is 2.21 bits per heavy atom. The van der Waals surface area contributed by atoms with Gasteiger partial charge in [0, 0.05) is 6.54 Å². The average Bonchev–Trinajstić information content (AvgIpc) is 2.58. The van der Waals surface area contributed by atoms with Crippen LogP contribution in [0.5, 0.6) is 0 Å². The van der Waals surface area contributed by atoms with E-state index in [9.17, 15) is 14.4 Å². The first-order valence-electron chi connectivity index (χ1n) is 7.83. The van der Waals surface area contributed by atoms with Gasteiger partial charge in [-0.3, -0.25) is 14.5 Å². The highest BCUT2D eigenvalue weighted by molar-refractivity contribution is 5.78. The van der Waals surface area contributed by atoms with Crippen molar-refractivity contribution in [2.75, 3.05) is 26.3 Å². The largest absolute Gasteiger partial charge is 0.466 e. The molecule has 7 heteroatoms. The SMILES string of the molecule is CCOC(=O)CCN(CC(=O)OCc1ccccc1)C(=O)OCC. The molecule has 1 amide bonds. The molecule has 0 heterocycles. The Balaban J connectivity index is 2.51. The third-order valence-electron chi connectivity index (χ3n) is 2.98. The zero-order valence-electron chi connectivity index (χ0n) is 14.0. The second-order valence-electron chi connectivity index (χ2n) is 4.82. The number of carbonyl (C=O) groups excluding carboxylic acids is 3. The molecular formula is C17H23NO6. The molecule has 0 aliphatic heterocycles. The van der Waals surface area contributed by atoms with E-state index in [-0.39, 0.29) is 39.3 Å². The monoisotopic (exact) mass is 337 g/mol. The van der Waals surface area contributed by atoms with Crippen LogP contribution < -0.4 is 0 Å². The molecule has 24 heavy (non-hydrogen) atoms. The van der Waals surface area contributed by atoms with Crippen LogP contribution in [0.2, 0.25) is 0 Å². The minimum Gasteiger partial charge on any atom is -0.466 e. The molecule has 0 bridgehead atoms. The van der Waals surface area contributed by atoms with E-state index in [1.165, 1.54) is 0 Å². The van der Waals surface area contributed by atoms with Gasteiger partial charge < -0.3 is 14.2 Å². The average molecular weight is 337 g/mol. The summed E-state index contributed by atoms with van der Waals surface area (Å²) >= 11 is 0. The predicted molar refractivity (Wildman–Crippen MR) is 86.1 cm³/mol. The molecule has 0 saturated heterocycles. The number of amides is 1. The Labute approximate surface area is 141 Å². The molecule has 1 aromatic rings. The van der Waals surface area contributed by atoms with Crippen LogP contribution in [0, 0.1) is 0 Å². The number of carbonyl (C=O) groups is 3. The van der Waals surface area contributed by atoms with Crippen LogP contribution in [0.4, 0.5) is 4.79 Å². The van der Waals surface area contributed by atoms with Gasteiger partial charge in [-0.15, -0.1) is 0 Å². The Hall–Kier alpha value is -2.57. The Morgan fingerprint density at radius 1 is 0.917 bits per heavy atom. The van der Waals surface area contributed by atoms with Crippen LogP contribution in [0.15, 0.2) is 30.3 Å². The summed E-state index contributed by atoms with van der Waals surface area (Å²) in [4.78, 5) is 36.3. The van der Waals surface area contributed by atoms with E-state index < -0.39 is 18.0 Å². The third-order valence-corrected chi connectivity index (χ3v) is 2.98. The number of hydrogen-bond acceptors (Lipinski definition) is 6. The first-order chi connectivity index (χ1) is 11.6. The lowest BCUT2D eigenvalue weighted by Crippen LogP contribution is -2.38. The number of esters is 2. The van der Waals surface area contributed by atoms with Gasteiger partial charge >= 0.3 is 18.0 Å². The summed E-state index contributed by atoms with van der Waals surface area (Å²) in [6, 6.07) is 9.21. The van der Waals surface area contributed by atoms with Crippen molar-refractivity contribution in [1.29, 1.82) is 0 Å². The van der Waals surface area contributed by atoms with Crippen molar-refractivity contribution >= 4 is 18.0 Å². The summed E-state index contributed by atoms with van der Waals surface area (Å²) in [5.41, 5.74) is 0.847. The van der Waals surface area contributed by atoms with Crippen LogP contribution >= 0.6 is 0 Å². The van der Waals surface area contributed by atoms with Crippen LogP contribution in [-0.2, 0) is 30.4 Å². The maximum absolute atomic E-state index is 11.9. The van der Waals surface area contributed by atoms with Gasteiger partial charge in [0.2, 0.25) is 0 Å². The standard InChI is InChI=1S/C17H23NO6/c1-3-22-15(19)10-11-18(17(21)23-4-2)12-16(20)24-13-14-8-6-5-7-9-14/h5-9H,3-4,10-13H2,1-2H3. The van der Waals surface area contributed by atoms with Crippen molar-refractivity contribution in [1.82, 2.24) is 4.90 Å². The fourth-order valence-corrected chi connectivity index (χ4v) is 1.85. The normalized spacial score (nSPS) is 9.92. The molecule has 7 nitrogen and oxygen atoms in total. The van der Waals surface area contributed by atoms with Gasteiger partial charge in [-0.1, -0.05) is 30.3 Å². The molecule has 0 unspecified atom stereocenters. The van der Waals surface area contributed by atoms with E-state index >= 15 is 0 Å². The lowest BCUT2D eigenvalue weighted by molar-refractivity contribution is -0.147. The molecule has 0 radical (unpaired) electrons. The molecule has 1 rings (SSSR count). The van der Waals surface area contributed by atoms with E-state index in [0.29, 0.717) is 0 Å². The van der Waals surface area contributed by atoms with Gasteiger partial charge in [-0.05, 0) is 19.4 Å². The van der Waals surface area contributed by atoms with Crippen molar-refractivity contribution in [2.45, 2.75) is 26.9 Å². The zero-order chi connectivity index (χ0) is 17.8. The summed E-state index contributed by atoms with van der Waals surface area (Å²) in [6.45, 7) is 3.65. The van der Waals surface area contributed by atoms with Crippen molar-refractivity contribution < 1.29 is 28.6 Å². The minimum atomic E-state index is -0.668. The lowest BCUT2D eigenvalue weighted by atomic mass is 10.2. The second-order valence-corrected chi connectivity index (χ2v) is 4.82. The summed E-state index contributed by atoms with van der Waals surface area (Å²) < 4.78 is 14.8. The molecule has 0 spiro atoms. The van der Waals surface area contributed by atoms with Gasteiger partial charge in [0.25, 0.3) is 0 Å². The van der Waals surface area contributed by atoms with Gasteiger partial charge in [0.1, 0.15) is 13.2 Å². The van der Waals surface area contributed by atoms with Crippen molar-refractivity contribution in [2.24, 2.45) is 0 Å². The van der Waals surface area contributed by atoms with Crippen LogP contribution in [0.3, 0.4) is 0 Å². The Morgan fingerprint density at radius 2 is 1.58 bits per heavy atom. The van der Waals surface area contributed by atoms with Gasteiger partial charge in [0.15, 0.2) is 0 Å². The van der Waals surface area contributed by atoms with Crippen molar-refractivity contribution in [3.63, 3.8) is 0 Å².